The van der Waals surface area contributed by atoms with E-state index in [9.17, 15) is 0 Å². The number of halogens is 1. The van der Waals surface area contributed by atoms with Gasteiger partial charge in [0.2, 0.25) is 5.79 Å². The van der Waals surface area contributed by atoms with Crippen LogP contribution in [0.2, 0.25) is 5.02 Å². The molecule has 2 aliphatic heterocycles. The fourth-order valence-corrected chi connectivity index (χ4v) is 8.04. The lowest BCUT2D eigenvalue weighted by Gasteiger charge is -2.51. The van der Waals surface area contributed by atoms with Crippen molar-refractivity contribution in [1.82, 2.24) is 0 Å². The molecule has 2 bridgehead atoms. The third kappa shape index (κ3) is 9.22. The van der Waals surface area contributed by atoms with E-state index in [1.807, 2.05) is 116 Å². The van der Waals surface area contributed by atoms with E-state index in [-0.39, 0.29) is 13.2 Å². The van der Waals surface area contributed by atoms with Gasteiger partial charge in [-0.05, 0) is 71.0 Å². The van der Waals surface area contributed by atoms with E-state index in [4.69, 9.17) is 44.8 Å². The van der Waals surface area contributed by atoms with Gasteiger partial charge in [-0.3, -0.25) is 0 Å². The maximum Gasteiger partial charge on any atom is 0.225 e. The summed E-state index contributed by atoms with van der Waals surface area (Å²) in [6.45, 7) is 4.28. The first-order valence-electron chi connectivity index (χ1n) is 20.0. The van der Waals surface area contributed by atoms with Gasteiger partial charge in [0.1, 0.15) is 29.7 Å². The van der Waals surface area contributed by atoms with Crippen LogP contribution in [0.3, 0.4) is 0 Å². The van der Waals surface area contributed by atoms with E-state index in [0.29, 0.717) is 44.5 Å². The molecule has 0 radical (unpaired) electrons. The molecule has 58 heavy (non-hydrogen) atoms. The monoisotopic (exact) mass is 796 g/mol. The Balaban J connectivity index is 1.21. The highest BCUT2D eigenvalue weighted by molar-refractivity contribution is 6.31. The summed E-state index contributed by atoms with van der Waals surface area (Å²) in [5.41, 5.74) is 5.83. The van der Waals surface area contributed by atoms with E-state index in [1.165, 1.54) is 0 Å². The second-order valence-electron chi connectivity index (χ2n) is 14.9. The van der Waals surface area contributed by atoms with E-state index in [2.05, 4.69) is 54.6 Å². The predicted molar refractivity (Wildman–Crippen MR) is 224 cm³/mol. The van der Waals surface area contributed by atoms with Crippen molar-refractivity contribution in [3.63, 3.8) is 0 Å². The van der Waals surface area contributed by atoms with E-state index in [1.54, 1.807) is 0 Å². The second-order valence-corrected chi connectivity index (χ2v) is 15.3. The van der Waals surface area contributed by atoms with Gasteiger partial charge in [-0.2, -0.15) is 0 Å². The van der Waals surface area contributed by atoms with Crippen molar-refractivity contribution in [2.75, 3.05) is 19.8 Å². The Labute approximate surface area is 346 Å². The molecule has 2 heterocycles. The van der Waals surface area contributed by atoms with E-state index >= 15 is 0 Å². The molecule has 7 nitrogen and oxygen atoms in total. The third-order valence-corrected chi connectivity index (χ3v) is 11.1. The number of rotatable bonds is 18. The second kappa shape index (κ2) is 18.8. The van der Waals surface area contributed by atoms with Crippen molar-refractivity contribution in [3.05, 3.63) is 208 Å². The SMILES string of the molecule is CCOc1ccc(Cc2cc(C34OCC(COCc5ccccc5)(O3)C(OCc3ccccc3)C(OCc3ccccc3)C4OCc3ccccc3)ccc2Cl)cc1. The van der Waals surface area contributed by atoms with Crippen LogP contribution in [0.25, 0.3) is 0 Å². The molecule has 0 aliphatic carbocycles. The summed E-state index contributed by atoms with van der Waals surface area (Å²) in [5.74, 6) is -0.577. The Morgan fingerprint density at radius 1 is 0.586 bits per heavy atom. The van der Waals surface area contributed by atoms with Gasteiger partial charge in [-0.1, -0.05) is 151 Å². The first kappa shape index (κ1) is 40.0. The van der Waals surface area contributed by atoms with Gasteiger partial charge in [0.15, 0.2) is 0 Å². The molecule has 8 heteroatoms. The van der Waals surface area contributed by atoms with Crippen LogP contribution >= 0.6 is 11.6 Å². The van der Waals surface area contributed by atoms with Crippen LogP contribution in [0, 0.1) is 0 Å². The van der Waals surface area contributed by atoms with E-state index < -0.39 is 29.7 Å². The zero-order valence-corrected chi connectivity index (χ0v) is 33.5. The molecule has 5 atom stereocenters. The van der Waals surface area contributed by atoms with Crippen molar-refractivity contribution in [3.8, 4) is 5.75 Å². The average Bonchev–Trinajstić information content (AvgIpc) is 3.62. The van der Waals surface area contributed by atoms with Crippen LogP contribution in [0.15, 0.2) is 164 Å². The number of ether oxygens (including phenoxy) is 7. The normalized spacial score (nSPS) is 22.5. The molecule has 0 aromatic heterocycles. The van der Waals surface area contributed by atoms with Crippen LogP contribution < -0.4 is 4.74 Å². The van der Waals surface area contributed by atoms with Gasteiger partial charge in [0.25, 0.3) is 0 Å². The van der Waals surface area contributed by atoms with Gasteiger partial charge >= 0.3 is 0 Å². The number of benzene rings is 6. The quantitative estimate of drug-likeness (QED) is 0.0858. The molecular weight excluding hydrogens is 748 g/mol. The van der Waals surface area contributed by atoms with Crippen LogP contribution in [-0.4, -0.2) is 43.7 Å². The highest BCUT2D eigenvalue weighted by atomic mass is 35.5. The van der Waals surface area contributed by atoms with Crippen LogP contribution in [-0.2, 0) is 67.1 Å². The Kier molecular flexibility index (Phi) is 13.0. The summed E-state index contributed by atoms with van der Waals surface area (Å²) in [6.07, 6.45) is -1.50. The lowest BCUT2D eigenvalue weighted by molar-refractivity contribution is -0.354. The molecule has 2 aliphatic rings. The van der Waals surface area contributed by atoms with Gasteiger partial charge in [-0.15, -0.1) is 0 Å². The minimum absolute atomic E-state index is 0.175. The molecule has 0 spiro atoms. The molecule has 6 aromatic carbocycles. The summed E-state index contributed by atoms with van der Waals surface area (Å²) in [7, 11) is 0. The molecule has 2 saturated heterocycles. The zero-order chi connectivity index (χ0) is 39.6. The Morgan fingerprint density at radius 2 is 1.12 bits per heavy atom. The molecule has 0 saturated carbocycles. The fraction of sp³-hybridized carbons (Fsp3) is 0.280. The minimum atomic E-state index is -1.41. The fourth-order valence-electron chi connectivity index (χ4n) is 7.85. The highest BCUT2D eigenvalue weighted by Gasteiger charge is 2.69. The largest absolute Gasteiger partial charge is 0.494 e. The number of fused-ring (bicyclic) bond motifs is 2. The zero-order valence-electron chi connectivity index (χ0n) is 32.7. The topological polar surface area (TPSA) is 64.6 Å². The molecule has 2 fully saturated rings. The molecule has 298 valence electrons. The van der Waals surface area contributed by atoms with Gasteiger partial charge in [-0.25, -0.2) is 0 Å². The van der Waals surface area contributed by atoms with Crippen molar-refractivity contribution >= 4 is 11.6 Å². The lowest BCUT2D eigenvalue weighted by Crippen LogP contribution is -2.67. The van der Waals surface area contributed by atoms with Crippen molar-refractivity contribution in [2.45, 2.75) is 69.5 Å². The van der Waals surface area contributed by atoms with Crippen LogP contribution in [0.4, 0.5) is 0 Å². The Hall–Kier alpha value is -4.83. The maximum absolute atomic E-state index is 7.43. The molecular formula is C50H49ClO7. The van der Waals surface area contributed by atoms with Crippen LogP contribution in [0.1, 0.15) is 45.9 Å². The number of hydrogen-bond acceptors (Lipinski definition) is 7. The van der Waals surface area contributed by atoms with Gasteiger partial charge in [0, 0.05) is 10.6 Å². The third-order valence-electron chi connectivity index (χ3n) is 10.7. The Morgan fingerprint density at radius 3 is 1.69 bits per heavy atom. The van der Waals surface area contributed by atoms with Gasteiger partial charge < -0.3 is 33.2 Å². The first-order valence-corrected chi connectivity index (χ1v) is 20.3. The van der Waals surface area contributed by atoms with Crippen molar-refractivity contribution in [1.29, 1.82) is 0 Å². The summed E-state index contributed by atoms with van der Waals surface area (Å²) in [5, 5.41) is 0.642. The highest BCUT2D eigenvalue weighted by Crippen LogP contribution is 2.53. The van der Waals surface area contributed by atoms with Crippen LogP contribution in [0.5, 0.6) is 5.75 Å². The molecule has 6 aromatic rings. The molecule has 8 rings (SSSR count). The van der Waals surface area contributed by atoms with Crippen molar-refractivity contribution in [2.24, 2.45) is 0 Å². The van der Waals surface area contributed by atoms with Gasteiger partial charge in [0.05, 0.1) is 46.2 Å². The smallest absolute Gasteiger partial charge is 0.225 e. The summed E-state index contributed by atoms with van der Waals surface area (Å²) < 4.78 is 47.9. The van der Waals surface area contributed by atoms with Crippen molar-refractivity contribution < 1.29 is 33.2 Å². The molecule has 0 amide bonds. The summed E-state index contributed by atoms with van der Waals surface area (Å²) >= 11 is 6.96. The molecule has 0 N–H and O–H groups in total. The average molecular weight is 797 g/mol. The minimum Gasteiger partial charge on any atom is -0.494 e. The molecule has 5 unspecified atom stereocenters. The standard InChI is InChI=1S/C50H49ClO7/c1-2-53-44-26-23-37(24-27-44)29-42-30-43(25-28-45(42)51)50-48(56-34-41-21-13-6-14-22-41)46(54-32-39-17-9-4-10-18-39)47(55-33-40-19-11-5-12-20-40)49(58-50,36-57-50)35-52-31-38-15-7-3-8-16-38/h3-28,30,46-48H,2,29,31-36H2,1H3. The predicted octanol–water partition coefficient (Wildman–Crippen LogP) is 10.3. The first-order chi connectivity index (χ1) is 28.5. The van der Waals surface area contributed by atoms with E-state index in [0.717, 1.165) is 44.7 Å². The maximum atomic E-state index is 7.43. The number of hydrogen-bond donors (Lipinski definition) is 0. The lowest BCUT2D eigenvalue weighted by atomic mass is 9.82. The summed E-state index contributed by atoms with van der Waals surface area (Å²) in [6, 6.07) is 54.6. The summed E-state index contributed by atoms with van der Waals surface area (Å²) in [4.78, 5) is 0. The Bertz CT molecular complexity index is 2170.